The van der Waals surface area contributed by atoms with Gasteiger partial charge in [-0.05, 0) is 48.8 Å². The summed E-state index contributed by atoms with van der Waals surface area (Å²) in [7, 11) is 0. The van der Waals surface area contributed by atoms with Crippen molar-refractivity contribution >= 4 is 5.69 Å². The fourth-order valence-electron chi connectivity index (χ4n) is 2.82. The predicted molar refractivity (Wildman–Crippen MR) is 81.5 cm³/mol. The number of piperidine rings is 1. The number of halogens is 1. The highest BCUT2D eigenvalue weighted by Crippen LogP contribution is 2.33. The van der Waals surface area contributed by atoms with Crippen molar-refractivity contribution in [3.05, 3.63) is 29.6 Å². The molecule has 1 aliphatic carbocycles. The molecule has 0 unspecified atom stereocenters. The topological polar surface area (TPSA) is 15.3 Å². The summed E-state index contributed by atoms with van der Waals surface area (Å²) < 4.78 is 14.3. The third-order valence-electron chi connectivity index (χ3n) is 4.64. The zero-order chi connectivity index (χ0) is 14.2. The smallest absolute Gasteiger partial charge is 0.146 e. The average molecular weight is 276 g/mol. The molecule has 2 fully saturated rings. The summed E-state index contributed by atoms with van der Waals surface area (Å²) in [6, 6.07) is 6.39. The minimum atomic E-state index is -0.0696. The van der Waals surface area contributed by atoms with Gasteiger partial charge in [-0.1, -0.05) is 19.9 Å². The van der Waals surface area contributed by atoms with Gasteiger partial charge in [0.25, 0.3) is 0 Å². The highest BCUT2D eigenvalue weighted by molar-refractivity contribution is 5.49. The Labute approximate surface area is 121 Å². The Hall–Kier alpha value is -1.09. The van der Waals surface area contributed by atoms with E-state index in [4.69, 9.17) is 0 Å². The molecule has 1 aromatic carbocycles. The highest BCUT2D eigenvalue weighted by atomic mass is 19.1. The van der Waals surface area contributed by atoms with E-state index >= 15 is 0 Å². The van der Waals surface area contributed by atoms with Gasteiger partial charge in [-0.25, -0.2) is 4.39 Å². The molecule has 2 nitrogen and oxygen atoms in total. The fraction of sp³-hybridized carbons (Fsp3) is 0.647. The summed E-state index contributed by atoms with van der Waals surface area (Å²) in [5.74, 6) is -0.0696. The van der Waals surface area contributed by atoms with Crippen LogP contribution in [0.5, 0.6) is 0 Å². The van der Waals surface area contributed by atoms with E-state index in [1.165, 1.54) is 12.8 Å². The summed E-state index contributed by atoms with van der Waals surface area (Å²) in [4.78, 5) is 2.19. The average Bonchev–Trinajstić information content (AvgIpc) is 3.21. The molecule has 1 aromatic rings. The second-order valence-electron chi connectivity index (χ2n) is 7.09. The van der Waals surface area contributed by atoms with Gasteiger partial charge in [0, 0.05) is 25.7 Å². The third-order valence-corrected chi connectivity index (χ3v) is 4.64. The van der Waals surface area contributed by atoms with E-state index in [1.807, 2.05) is 6.07 Å². The van der Waals surface area contributed by atoms with E-state index in [0.29, 0.717) is 11.5 Å². The zero-order valence-corrected chi connectivity index (χ0v) is 12.6. The van der Waals surface area contributed by atoms with E-state index < -0.39 is 0 Å². The third kappa shape index (κ3) is 3.32. The van der Waals surface area contributed by atoms with E-state index in [1.54, 1.807) is 6.07 Å². The molecule has 0 aromatic heterocycles. The highest BCUT2D eigenvalue weighted by Gasteiger charge is 2.26. The maximum Gasteiger partial charge on any atom is 0.146 e. The molecule has 0 spiro atoms. The van der Waals surface area contributed by atoms with Crippen LogP contribution in [0, 0.1) is 11.2 Å². The second kappa shape index (κ2) is 5.36. The van der Waals surface area contributed by atoms with Crippen molar-refractivity contribution in [3.8, 4) is 0 Å². The Morgan fingerprint density at radius 1 is 1.25 bits per heavy atom. The van der Waals surface area contributed by atoms with E-state index in [9.17, 15) is 4.39 Å². The molecule has 1 heterocycles. The first kappa shape index (κ1) is 13.9. The molecule has 20 heavy (non-hydrogen) atoms. The van der Waals surface area contributed by atoms with Crippen molar-refractivity contribution in [2.24, 2.45) is 5.41 Å². The van der Waals surface area contributed by atoms with Crippen LogP contribution in [0.15, 0.2) is 18.2 Å². The minimum absolute atomic E-state index is 0.0696. The van der Waals surface area contributed by atoms with Gasteiger partial charge >= 0.3 is 0 Å². The number of nitrogens with zero attached hydrogens (tertiary/aromatic N) is 1. The number of benzene rings is 1. The maximum absolute atomic E-state index is 14.3. The van der Waals surface area contributed by atoms with Gasteiger partial charge in [-0.3, -0.25) is 0 Å². The van der Waals surface area contributed by atoms with Crippen LogP contribution in [0.1, 0.15) is 45.1 Å². The minimum Gasteiger partial charge on any atom is -0.369 e. The van der Waals surface area contributed by atoms with Crippen molar-refractivity contribution < 1.29 is 4.39 Å². The van der Waals surface area contributed by atoms with E-state index in [2.05, 4.69) is 30.1 Å². The summed E-state index contributed by atoms with van der Waals surface area (Å²) >= 11 is 0. The van der Waals surface area contributed by atoms with Gasteiger partial charge in [0.05, 0.1) is 5.69 Å². The lowest BCUT2D eigenvalue weighted by Crippen LogP contribution is -2.37. The molecule has 3 heteroatoms. The lowest BCUT2D eigenvalue weighted by atomic mass is 9.82. The number of nitrogens with one attached hydrogen (secondary N) is 1. The summed E-state index contributed by atoms with van der Waals surface area (Å²) in [5.41, 5.74) is 2.23. The first-order valence-electron chi connectivity index (χ1n) is 7.80. The Morgan fingerprint density at radius 3 is 2.55 bits per heavy atom. The molecule has 110 valence electrons. The summed E-state index contributed by atoms with van der Waals surface area (Å²) in [6.07, 6.45) is 4.81. The van der Waals surface area contributed by atoms with Crippen LogP contribution in [0.3, 0.4) is 0 Å². The summed E-state index contributed by atoms with van der Waals surface area (Å²) in [5, 5.41) is 3.43. The predicted octanol–water partition coefficient (Wildman–Crippen LogP) is 3.70. The second-order valence-corrected chi connectivity index (χ2v) is 7.09. The van der Waals surface area contributed by atoms with Crippen molar-refractivity contribution in [2.75, 3.05) is 18.0 Å². The molecule has 0 bridgehead atoms. The zero-order valence-electron chi connectivity index (χ0n) is 12.6. The Kier molecular flexibility index (Phi) is 3.72. The number of rotatable bonds is 4. The molecular weight excluding hydrogens is 251 g/mol. The standard InChI is InChI=1S/C17H25FN2/c1-17(2)7-9-20(10-8-17)16-6-3-13(11-15(16)18)12-19-14-4-5-14/h3,6,11,14,19H,4-5,7-10,12H2,1-2H3. The van der Waals surface area contributed by atoms with Crippen LogP contribution in [-0.4, -0.2) is 19.1 Å². The van der Waals surface area contributed by atoms with Crippen LogP contribution >= 0.6 is 0 Å². The quantitative estimate of drug-likeness (QED) is 0.902. The molecule has 1 saturated carbocycles. The lowest BCUT2D eigenvalue weighted by molar-refractivity contribution is 0.279. The van der Waals surface area contributed by atoms with Crippen molar-refractivity contribution in [2.45, 2.75) is 52.1 Å². The molecule has 0 radical (unpaired) electrons. The van der Waals surface area contributed by atoms with Crippen molar-refractivity contribution in [1.82, 2.24) is 5.32 Å². The van der Waals surface area contributed by atoms with Crippen LogP contribution in [0.4, 0.5) is 10.1 Å². The largest absolute Gasteiger partial charge is 0.369 e. The van der Waals surface area contributed by atoms with Crippen LogP contribution < -0.4 is 10.2 Å². The SMILES string of the molecule is CC1(C)CCN(c2ccc(CNC3CC3)cc2F)CC1. The first-order valence-corrected chi connectivity index (χ1v) is 7.80. The van der Waals surface area contributed by atoms with Gasteiger partial charge in [0.1, 0.15) is 5.82 Å². The van der Waals surface area contributed by atoms with Crippen LogP contribution in [0.2, 0.25) is 0 Å². The maximum atomic E-state index is 14.3. The molecule has 0 amide bonds. The molecule has 1 saturated heterocycles. The molecular formula is C17H25FN2. The number of hydrogen-bond donors (Lipinski definition) is 1. The van der Waals surface area contributed by atoms with E-state index in [-0.39, 0.29) is 5.82 Å². The van der Waals surface area contributed by atoms with Gasteiger partial charge < -0.3 is 10.2 Å². The Balaban J connectivity index is 1.64. The van der Waals surface area contributed by atoms with Crippen molar-refractivity contribution in [1.29, 1.82) is 0 Å². The summed E-state index contributed by atoms with van der Waals surface area (Å²) in [6.45, 7) is 7.31. The van der Waals surface area contributed by atoms with E-state index in [0.717, 1.165) is 43.7 Å². The van der Waals surface area contributed by atoms with Crippen LogP contribution in [0.25, 0.3) is 0 Å². The van der Waals surface area contributed by atoms with Gasteiger partial charge in [-0.15, -0.1) is 0 Å². The molecule has 1 aliphatic heterocycles. The van der Waals surface area contributed by atoms with Gasteiger partial charge in [-0.2, -0.15) is 0 Å². The molecule has 2 aliphatic rings. The number of anilines is 1. The Bertz CT molecular complexity index is 470. The van der Waals surface area contributed by atoms with Gasteiger partial charge in [0.15, 0.2) is 0 Å². The van der Waals surface area contributed by atoms with Crippen LogP contribution in [-0.2, 0) is 6.54 Å². The fourth-order valence-corrected chi connectivity index (χ4v) is 2.82. The number of hydrogen-bond acceptors (Lipinski definition) is 2. The monoisotopic (exact) mass is 276 g/mol. The molecule has 0 atom stereocenters. The van der Waals surface area contributed by atoms with Gasteiger partial charge in [0.2, 0.25) is 0 Å². The normalized spacial score (nSPS) is 22.1. The van der Waals surface area contributed by atoms with Crippen molar-refractivity contribution in [3.63, 3.8) is 0 Å². The first-order chi connectivity index (χ1) is 9.53. The molecule has 3 rings (SSSR count). The Morgan fingerprint density at radius 2 is 1.95 bits per heavy atom. The molecule has 1 N–H and O–H groups in total. The lowest BCUT2D eigenvalue weighted by Gasteiger charge is -2.38.